The molecule has 0 amide bonds. The van der Waals surface area contributed by atoms with Crippen LogP contribution in [0.4, 0.5) is 0 Å². The molecule has 0 N–H and O–H groups in total. The molecule has 2 saturated heterocycles. The number of thiocarbonyl (C=S) groups is 2. The van der Waals surface area contributed by atoms with E-state index >= 15 is 0 Å². The maximum absolute atomic E-state index is 4.86. The predicted octanol–water partition coefficient (Wildman–Crippen LogP) is 2.23. The summed E-state index contributed by atoms with van der Waals surface area (Å²) in [6.07, 6.45) is 7.73. The van der Waals surface area contributed by atoms with Crippen molar-refractivity contribution < 1.29 is 0 Å². The van der Waals surface area contributed by atoms with Gasteiger partial charge in [-0.3, -0.25) is 0 Å². The molecule has 2 aliphatic rings. The molecule has 2 aliphatic heterocycles. The van der Waals surface area contributed by atoms with Crippen LogP contribution in [-0.2, 0) is 25.3 Å². The Labute approximate surface area is 159 Å². The second-order valence-corrected chi connectivity index (χ2v) is 6.69. The van der Waals surface area contributed by atoms with Crippen LogP contribution in [0.5, 0.6) is 0 Å². The fourth-order valence-corrected chi connectivity index (χ4v) is 2.88. The van der Waals surface area contributed by atoms with Gasteiger partial charge in [-0.25, -0.2) is 0 Å². The fourth-order valence-electron chi connectivity index (χ4n) is 2.15. The minimum absolute atomic E-state index is 0. The van der Waals surface area contributed by atoms with E-state index in [9.17, 15) is 0 Å². The van der Waals surface area contributed by atoms with E-state index < -0.39 is 0 Å². The topological polar surface area (TPSA) is 6.48 Å². The Balaban J connectivity index is 0.000000324. The molecule has 0 unspecified atom stereocenters. The van der Waals surface area contributed by atoms with Gasteiger partial charge in [0, 0.05) is 53.5 Å². The Morgan fingerprint density at radius 3 is 1.05 bits per heavy atom. The van der Waals surface area contributed by atoms with Crippen LogP contribution in [-0.4, -0.2) is 71.9 Å². The summed E-state index contributed by atoms with van der Waals surface area (Å²) in [5, 5.41) is 0. The molecule has 0 atom stereocenters. The number of piperidine rings is 2. The van der Waals surface area contributed by atoms with E-state index in [1.54, 1.807) is 0 Å². The van der Waals surface area contributed by atoms with Crippen molar-refractivity contribution in [2.75, 3.05) is 26.2 Å². The van der Waals surface area contributed by atoms with Crippen LogP contribution in [0.1, 0.15) is 38.5 Å². The molecule has 2 heterocycles. The first-order valence-electron chi connectivity index (χ1n) is 6.53. The van der Waals surface area contributed by atoms with Crippen molar-refractivity contribution in [2.45, 2.75) is 38.5 Å². The maximum atomic E-state index is 4.86. The average Bonchev–Trinajstić information content (AvgIpc) is 2.41. The summed E-state index contributed by atoms with van der Waals surface area (Å²) in [6, 6.07) is 0. The molecule has 2 rings (SSSR count). The summed E-state index contributed by atoms with van der Waals surface area (Å²) in [4.78, 5) is 4.21. The van der Waals surface area contributed by atoms with Gasteiger partial charge in [0.2, 0.25) is 0 Å². The molecule has 0 spiro atoms. The minimum atomic E-state index is 0. The number of likely N-dealkylation sites (tertiary alicyclic amines) is 2. The van der Waals surface area contributed by atoms with Gasteiger partial charge < -0.3 is 59.5 Å². The van der Waals surface area contributed by atoms with Gasteiger partial charge in [-0.05, 0) is 38.5 Å². The van der Waals surface area contributed by atoms with Crippen molar-refractivity contribution in [3.63, 3.8) is 0 Å². The van der Waals surface area contributed by atoms with Crippen LogP contribution in [0.25, 0.3) is 0 Å². The Bertz CT molecular complexity index is 249. The third kappa shape index (κ3) is 8.90. The third-order valence-corrected chi connectivity index (χ3v) is 4.26. The molecule has 0 aromatic rings. The van der Waals surface area contributed by atoms with Crippen LogP contribution in [0.2, 0.25) is 0 Å². The standard InChI is InChI=1S/2C6H11NS2.Pb/c2*8-6(9)7-4-2-1-3-5-7;/h2*1-5H2,(H,8,9);/p-2. The van der Waals surface area contributed by atoms with E-state index in [1.165, 1.54) is 38.5 Å². The molecule has 19 heavy (non-hydrogen) atoms. The van der Waals surface area contributed by atoms with E-state index in [4.69, 9.17) is 49.7 Å². The van der Waals surface area contributed by atoms with E-state index in [1.807, 2.05) is 0 Å². The quantitative estimate of drug-likeness (QED) is 0.269. The minimum Gasteiger partial charge on any atom is -0.411 e. The van der Waals surface area contributed by atoms with Crippen LogP contribution in [0.3, 0.4) is 0 Å². The molecule has 2 fully saturated rings. The van der Waals surface area contributed by atoms with E-state index in [0.717, 1.165) is 26.2 Å². The monoisotopic (exact) mass is 528 g/mol. The molecule has 0 aromatic carbocycles. The van der Waals surface area contributed by atoms with Gasteiger partial charge in [0.05, 0.1) is 0 Å². The SMILES string of the molecule is S=C([S-])N1CCCCC1.S=C([S-])N1CCCCC1.[Pb]. The second-order valence-electron chi connectivity index (χ2n) is 4.63. The molecule has 4 radical (unpaired) electrons. The van der Waals surface area contributed by atoms with Gasteiger partial charge >= 0.3 is 0 Å². The van der Waals surface area contributed by atoms with Crippen LogP contribution < -0.4 is 0 Å². The van der Waals surface area contributed by atoms with Gasteiger partial charge in [0.1, 0.15) is 0 Å². The predicted molar refractivity (Wildman–Crippen MR) is 96.5 cm³/mol. The average molecular weight is 528 g/mol. The van der Waals surface area contributed by atoms with E-state index in [-0.39, 0.29) is 27.3 Å². The largest absolute Gasteiger partial charge is 0.411 e. The number of hydrogen-bond acceptors (Lipinski definition) is 4. The number of hydrogen-bond donors (Lipinski definition) is 0. The van der Waals surface area contributed by atoms with Gasteiger partial charge in [0.15, 0.2) is 0 Å². The second kappa shape index (κ2) is 11.8. The summed E-state index contributed by atoms with van der Waals surface area (Å²) in [5.41, 5.74) is 0. The van der Waals surface area contributed by atoms with Crippen molar-refractivity contribution >= 4 is 85.6 Å². The number of nitrogens with zero attached hydrogens (tertiary/aromatic N) is 2. The van der Waals surface area contributed by atoms with Gasteiger partial charge in [-0.2, -0.15) is 0 Å². The normalized spacial score (nSPS) is 18.7. The smallest absolute Gasteiger partial charge is 0.0162 e. The van der Waals surface area contributed by atoms with Crippen LogP contribution >= 0.6 is 24.4 Å². The molecule has 0 aromatic heterocycles. The van der Waals surface area contributed by atoms with Crippen molar-refractivity contribution in [3.8, 4) is 0 Å². The molecule has 2 nitrogen and oxygen atoms in total. The molecular formula is C12H20N2PbS4-2. The first-order chi connectivity index (χ1) is 8.61. The van der Waals surface area contributed by atoms with Crippen molar-refractivity contribution in [3.05, 3.63) is 0 Å². The summed E-state index contributed by atoms with van der Waals surface area (Å²) in [6.45, 7) is 4.34. The molecule has 7 heteroatoms. The van der Waals surface area contributed by atoms with Crippen LogP contribution in [0.15, 0.2) is 0 Å². The molecule has 0 aliphatic carbocycles. The third-order valence-electron chi connectivity index (χ3n) is 3.23. The van der Waals surface area contributed by atoms with Crippen molar-refractivity contribution in [1.29, 1.82) is 0 Å². The molecule has 108 valence electrons. The molecular weight excluding hydrogens is 508 g/mol. The Morgan fingerprint density at radius 1 is 0.632 bits per heavy atom. The van der Waals surface area contributed by atoms with Gasteiger partial charge in [-0.15, -0.1) is 0 Å². The summed E-state index contributed by atoms with van der Waals surface area (Å²) in [7, 11) is 0. The zero-order chi connectivity index (χ0) is 13.4. The van der Waals surface area contributed by atoms with Gasteiger partial charge in [-0.1, -0.05) is 8.64 Å². The summed E-state index contributed by atoms with van der Waals surface area (Å²) < 4.78 is 1.30. The number of rotatable bonds is 0. The fraction of sp³-hybridized carbons (Fsp3) is 0.833. The Hall–Kier alpha value is 1.14. The van der Waals surface area contributed by atoms with Crippen molar-refractivity contribution in [1.82, 2.24) is 9.80 Å². The zero-order valence-electron chi connectivity index (χ0n) is 11.1. The summed E-state index contributed by atoms with van der Waals surface area (Å²) >= 11 is 19.4. The maximum Gasteiger partial charge on any atom is 0.0162 e. The summed E-state index contributed by atoms with van der Waals surface area (Å²) in [5.74, 6) is 0. The Kier molecular flexibility index (Phi) is 12.5. The first kappa shape index (κ1) is 20.1. The van der Waals surface area contributed by atoms with E-state index in [2.05, 4.69) is 9.80 Å². The zero-order valence-corrected chi connectivity index (χ0v) is 18.3. The van der Waals surface area contributed by atoms with Crippen LogP contribution in [0, 0.1) is 0 Å². The van der Waals surface area contributed by atoms with Crippen molar-refractivity contribution in [2.24, 2.45) is 0 Å². The Morgan fingerprint density at radius 2 is 0.895 bits per heavy atom. The molecule has 0 bridgehead atoms. The molecule has 0 saturated carbocycles. The van der Waals surface area contributed by atoms with E-state index in [0.29, 0.717) is 8.64 Å². The first-order valence-corrected chi connectivity index (χ1v) is 8.16. The van der Waals surface area contributed by atoms with Gasteiger partial charge in [0.25, 0.3) is 0 Å².